The number of aromatic nitrogens is 1. The zero-order valence-corrected chi connectivity index (χ0v) is 9.43. The van der Waals surface area contributed by atoms with Gasteiger partial charge in [0.15, 0.2) is 5.69 Å². The van der Waals surface area contributed by atoms with Crippen LogP contribution in [-0.2, 0) is 5.33 Å². The minimum absolute atomic E-state index is 0.0608. The molecule has 8 heteroatoms. The third-order valence-corrected chi connectivity index (χ3v) is 2.40. The van der Waals surface area contributed by atoms with Gasteiger partial charge in [0.2, 0.25) is 0 Å². The first-order valence-electron chi connectivity index (χ1n) is 3.65. The first-order chi connectivity index (χ1) is 6.97. The third-order valence-electron chi connectivity index (χ3n) is 1.60. The van der Waals surface area contributed by atoms with Gasteiger partial charge in [-0.05, 0) is 6.07 Å². The number of alkyl halides is 3. The van der Waals surface area contributed by atoms with Gasteiger partial charge in [-0.15, -0.1) is 0 Å². The lowest BCUT2D eigenvalue weighted by Crippen LogP contribution is -2.03. The molecule has 4 nitrogen and oxygen atoms in total. The molecular formula is C7H4BrClF2N2O2. The van der Waals surface area contributed by atoms with E-state index in [1.807, 2.05) is 0 Å². The molecule has 82 valence electrons. The van der Waals surface area contributed by atoms with E-state index in [1.165, 1.54) is 6.07 Å². The van der Waals surface area contributed by atoms with Crippen molar-refractivity contribution in [3.05, 3.63) is 32.6 Å². The first-order valence-corrected chi connectivity index (χ1v) is 5.15. The highest BCUT2D eigenvalue weighted by atomic mass is 79.9. The molecule has 0 aliphatic carbocycles. The summed E-state index contributed by atoms with van der Waals surface area (Å²) in [5.74, 6) is 0. The van der Waals surface area contributed by atoms with E-state index in [0.29, 0.717) is 0 Å². The van der Waals surface area contributed by atoms with Crippen LogP contribution >= 0.6 is 27.5 Å². The second-order valence-corrected chi connectivity index (χ2v) is 3.48. The van der Waals surface area contributed by atoms with E-state index in [-0.39, 0.29) is 16.0 Å². The summed E-state index contributed by atoms with van der Waals surface area (Å²) in [7, 11) is 0. The van der Waals surface area contributed by atoms with Crippen LogP contribution in [0.1, 0.15) is 17.7 Å². The van der Waals surface area contributed by atoms with Crippen molar-refractivity contribution < 1.29 is 13.7 Å². The minimum Gasteiger partial charge on any atom is -0.258 e. The largest absolute Gasteiger partial charge is 0.300 e. The van der Waals surface area contributed by atoms with Crippen molar-refractivity contribution in [1.82, 2.24) is 4.98 Å². The maximum absolute atomic E-state index is 12.4. The van der Waals surface area contributed by atoms with Crippen LogP contribution in [0.5, 0.6) is 0 Å². The molecule has 0 amide bonds. The molecule has 1 aromatic rings. The Hall–Kier alpha value is -0.820. The molecule has 0 aliphatic rings. The molecule has 0 fully saturated rings. The standard InChI is InChI=1S/C7H4BrClF2N2O2/c8-2-3-1-4(9)12-5(7(10)11)6(3)13(14)15/h1,7H,2H2. The predicted molar refractivity (Wildman–Crippen MR) is 53.5 cm³/mol. The molecule has 1 heterocycles. The molecule has 0 unspecified atom stereocenters. The van der Waals surface area contributed by atoms with Crippen LogP contribution in [0.4, 0.5) is 14.5 Å². The molecule has 0 bridgehead atoms. The van der Waals surface area contributed by atoms with Crippen molar-refractivity contribution in [1.29, 1.82) is 0 Å². The van der Waals surface area contributed by atoms with Gasteiger partial charge in [-0.25, -0.2) is 13.8 Å². The van der Waals surface area contributed by atoms with Gasteiger partial charge in [-0.3, -0.25) is 10.1 Å². The van der Waals surface area contributed by atoms with Crippen molar-refractivity contribution in [2.75, 3.05) is 0 Å². The Morgan fingerprint density at radius 1 is 1.67 bits per heavy atom. The van der Waals surface area contributed by atoms with E-state index in [1.54, 1.807) is 0 Å². The van der Waals surface area contributed by atoms with Crippen LogP contribution < -0.4 is 0 Å². The number of hydrogen-bond acceptors (Lipinski definition) is 3. The lowest BCUT2D eigenvalue weighted by molar-refractivity contribution is -0.387. The molecule has 0 radical (unpaired) electrons. The highest BCUT2D eigenvalue weighted by Gasteiger charge is 2.27. The summed E-state index contributed by atoms with van der Waals surface area (Å²) in [4.78, 5) is 13.0. The van der Waals surface area contributed by atoms with Gasteiger partial charge in [0.1, 0.15) is 5.15 Å². The molecule has 0 saturated carbocycles. The SMILES string of the molecule is O=[N+]([O-])c1c(CBr)cc(Cl)nc1C(F)F. The van der Waals surface area contributed by atoms with E-state index >= 15 is 0 Å². The van der Waals surface area contributed by atoms with Crippen molar-refractivity contribution in [3.63, 3.8) is 0 Å². The summed E-state index contributed by atoms with van der Waals surface area (Å²) >= 11 is 8.42. The summed E-state index contributed by atoms with van der Waals surface area (Å²) in [6, 6.07) is 1.18. The van der Waals surface area contributed by atoms with Crippen LogP contribution in [0.3, 0.4) is 0 Å². The fourth-order valence-corrected chi connectivity index (χ4v) is 1.69. The van der Waals surface area contributed by atoms with E-state index in [0.717, 1.165) is 0 Å². The average molecular weight is 301 g/mol. The van der Waals surface area contributed by atoms with Crippen molar-refractivity contribution >= 4 is 33.2 Å². The highest BCUT2D eigenvalue weighted by Crippen LogP contribution is 2.33. The molecule has 15 heavy (non-hydrogen) atoms. The number of rotatable bonds is 3. The van der Waals surface area contributed by atoms with Crippen LogP contribution in [0.25, 0.3) is 0 Å². The van der Waals surface area contributed by atoms with Gasteiger partial charge in [-0.1, -0.05) is 27.5 Å². The normalized spacial score (nSPS) is 10.7. The maximum atomic E-state index is 12.4. The Bertz CT molecular complexity index is 403. The molecule has 1 aromatic heterocycles. The van der Waals surface area contributed by atoms with Gasteiger partial charge >= 0.3 is 5.69 Å². The number of halogens is 4. The lowest BCUT2D eigenvalue weighted by atomic mass is 10.2. The van der Waals surface area contributed by atoms with Crippen LogP contribution in [0.2, 0.25) is 5.15 Å². The Balaban J connectivity index is 3.47. The quantitative estimate of drug-likeness (QED) is 0.372. The van der Waals surface area contributed by atoms with Gasteiger partial charge < -0.3 is 0 Å². The Morgan fingerprint density at radius 2 is 2.27 bits per heavy atom. The van der Waals surface area contributed by atoms with Gasteiger partial charge in [-0.2, -0.15) is 0 Å². The molecule has 0 spiro atoms. The number of hydrogen-bond donors (Lipinski definition) is 0. The summed E-state index contributed by atoms with van der Waals surface area (Å²) in [6.07, 6.45) is -3.03. The Morgan fingerprint density at radius 3 is 2.67 bits per heavy atom. The van der Waals surface area contributed by atoms with E-state index in [4.69, 9.17) is 11.6 Å². The van der Waals surface area contributed by atoms with E-state index in [9.17, 15) is 18.9 Å². The average Bonchev–Trinajstić information content (AvgIpc) is 2.15. The Kier molecular flexibility index (Phi) is 3.92. The molecule has 0 atom stereocenters. The molecule has 0 aromatic carbocycles. The van der Waals surface area contributed by atoms with E-state index < -0.39 is 22.7 Å². The summed E-state index contributed by atoms with van der Waals surface area (Å²) in [5.41, 5.74) is -1.51. The van der Waals surface area contributed by atoms with Gasteiger partial charge in [0, 0.05) is 10.9 Å². The highest BCUT2D eigenvalue weighted by molar-refractivity contribution is 9.08. The summed E-state index contributed by atoms with van der Waals surface area (Å²) in [6.45, 7) is 0. The maximum Gasteiger partial charge on any atom is 0.300 e. The fourth-order valence-electron chi connectivity index (χ4n) is 1.04. The van der Waals surface area contributed by atoms with Crippen molar-refractivity contribution in [3.8, 4) is 0 Å². The number of pyridine rings is 1. The van der Waals surface area contributed by atoms with Crippen LogP contribution in [0, 0.1) is 10.1 Å². The summed E-state index contributed by atoms with van der Waals surface area (Å²) in [5, 5.41) is 10.5. The fraction of sp³-hybridized carbons (Fsp3) is 0.286. The van der Waals surface area contributed by atoms with Gasteiger partial charge in [0.05, 0.1) is 4.92 Å². The van der Waals surface area contributed by atoms with Crippen LogP contribution in [-0.4, -0.2) is 9.91 Å². The van der Waals surface area contributed by atoms with E-state index in [2.05, 4.69) is 20.9 Å². The number of nitrogens with zero attached hydrogens (tertiary/aromatic N) is 2. The predicted octanol–water partition coefficient (Wildman–Crippen LogP) is 3.48. The second-order valence-electron chi connectivity index (χ2n) is 2.53. The van der Waals surface area contributed by atoms with Crippen molar-refractivity contribution in [2.45, 2.75) is 11.8 Å². The lowest BCUT2D eigenvalue weighted by Gasteiger charge is -2.05. The monoisotopic (exact) mass is 300 g/mol. The smallest absolute Gasteiger partial charge is 0.258 e. The minimum atomic E-state index is -3.03. The topological polar surface area (TPSA) is 56.0 Å². The molecule has 0 N–H and O–H groups in total. The zero-order chi connectivity index (χ0) is 11.6. The summed E-state index contributed by atoms with van der Waals surface area (Å²) < 4.78 is 24.9. The number of nitro groups is 1. The molecule has 0 aliphatic heterocycles. The molecule has 1 rings (SSSR count). The second kappa shape index (κ2) is 4.80. The Labute approximate surface area is 96.5 Å². The molecule has 0 saturated heterocycles. The molecular weight excluding hydrogens is 297 g/mol. The van der Waals surface area contributed by atoms with Gasteiger partial charge in [0.25, 0.3) is 6.43 Å². The third kappa shape index (κ3) is 2.60. The van der Waals surface area contributed by atoms with Crippen molar-refractivity contribution in [2.24, 2.45) is 0 Å². The zero-order valence-electron chi connectivity index (χ0n) is 7.08. The van der Waals surface area contributed by atoms with Crippen LogP contribution in [0.15, 0.2) is 6.07 Å². The first kappa shape index (κ1) is 12.3.